The molecule has 0 radical (unpaired) electrons. The van der Waals surface area contributed by atoms with Crippen molar-refractivity contribution in [1.82, 2.24) is 0 Å². The minimum Gasteiger partial charge on any atom is -0.469 e. The van der Waals surface area contributed by atoms with Crippen molar-refractivity contribution in [2.24, 2.45) is 28.6 Å². The van der Waals surface area contributed by atoms with E-state index in [1.807, 2.05) is 0 Å². The molecule has 9 atom stereocenters. The normalized spacial score (nSPS) is 42.2. The number of carbonyl (C=O) groups excluding carboxylic acids is 4. The van der Waals surface area contributed by atoms with Crippen molar-refractivity contribution in [3.8, 4) is 0 Å². The number of methoxy groups -OCH3 is 2. The second-order valence-corrected chi connectivity index (χ2v) is 11.7. The maximum absolute atomic E-state index is 17.3. The molecule has 0 bridgehead atoms. The molecule has 2 N–H and O–H groups in total. The van der Waals surface area contributed by atoms with Crippen molar-refractivity contribution in [3.05, 3.63) is 23.8 Å². The lowest BCUT2D eigenvalue weighted by molar-refractivity contribution is -0.246. The fourth-order valence-corrected chi connectivity index (χ4v) is 8.06. The number of hydrogen-bond acceptors (Lipinski definition) is 9. The fourth-order valence-electron chi connectivity index (χ4n) is 8.06. The minimum absolute atomic E-state index is 0.205. The summed E-state index contributed by atoms with van der Waals surface area (Å²) in [5.74, 6) is -4.52. The lowest BCUT2D eigenvalue weighted by Crippen LogP contribution is -2.70. The summed E-state index contributed by atoms with van der Waals surface area (Å²) in [5, 5.41) is 23.8. The number of ketones is 1. The van der Waals surface area contributed by atoms with Gasteiger partial charge in [0.15, 0.2) is 11.5 Å². The first kappa shape index (κ1) is 28.4. The average Bonchev–Trinajstić information content (AvgIpc) is 3.07. The standard InChI is InChI=1S/C28H37FO9/c1-15-12-19-18-7-6-16-13-17(30)10-11-25(16,2)27(18,29)20(31)14-26(19,3)28(15,35)23(24(34)37-5)38-22(33)9-8-21(32)36-4/h10-11,13,15,18-20,23,31,35H,6-9,12,14H2,1-5H3/t15-,18+,19+,20+,23+,25+,26+,27+,28+/m1/s1. The van der Waals surface area contributed by atoms with Gasteiger partial charge in [0.25, 0.3) is 0 Å². The van der Waals surface area contributed by atoms with E-state index in [9.17, 15) is 29.4 Å². The average molecular weight is 537 g/mol. The number of ether oxygens (including phenoxy) is 3. The molecule has 0 unspecified atom stereocenters. The molecule has 0 saturated heterocycles. The molecule has 4 aliphatic carbocycles. The van der Waals surface area contributed by atoms with Gasteiger partial charge in [-0.05, 0) is 56.6 Å². The Morgan fingerprint density at radius 2 is 1.79 bits per heavy atom. The zero-order valence-corrected chi connectivity index (χ0v) is 22.5. The number of aliphatic hydroxyl groups is 2. The molecule has 38 heavy (non-hydrogen) atoms. The van der Waals surface area contributed by atoms with E-state index in [0.29, 0.717) is 24.8 Å². The van der Waals surface area contributed by atoms with Crippen LogP contribution in [-0.2, 0) is 33.4 Å². The molecule has 210 valence electrons. The third-order valence-corrected chi connectivity index (χ3v) is 10.1. The smallest absolute Gasteiger partial charge is 0.350 e. The van der Waals surface area contributed by atoms with Crippen molar-refractivity contribution in [1.29, 1.82) is 0 Å². The van der Waals surface area contributed by atoms with E-state index in [0.717, 1.165) is 7.11 Å². The van der Waals surface area contributed by atoms with E-state index in [2.05, 4.69) is 4.74 Å². The first-order valence-corrected chi connectivity index (χ1v) is 13.1. The summed E-state index contributed by atoms with van der Waals surface area (Å²) in [6, 6.07) is 0. The number of carbonyl (C=O) groups is 4. The molecule has 3 fully saturated rings. The van der Waals surface area contributed by atoms with Crippen LogP contribution in [0.3, 0.4) is 0 Å². The van der Waals surface area contributed by atoms with Gasteiger partial charge in [0.05, 0.1) is 33.2 Å². The monoisotopic (exact) mass is 536 g/mol. The van der Waals surface area contributed by atoms with E-state index in [1.54, 1.807) is 26.8 Å². The first-order chi connectivity index (χ1) is 17.7. The highest BCUT2D eigenvalue weighted by molar-refractivity contribution is 6.01. The van der Waals surface area contributed by atoms with Crippen molar-refractivity contribution in [2.45, 2.75) is 82.8 Å². The summed E-state index contributed by atoms with van der Waals surface area (Å²) < 4.78 is 32.3. The van der Waals surface area contributed by atoms with E-state index >= 15 is 4.39 Å². The third-order valence-electron chi connectivity index (χ3n) is 10.1. The number of fused-ring (bicyclic) bond motifs is 5. The van der Waals surface area contributed by atoms with Crippen molar-refractivity contribution >= 4 is 23.7 Å². The maximum atomic E-state index is 17.3. The molecule has 0 aromatic rings. The Bertz CT molecular complexity index is 1100. The quantitative estimate of drug-likeness (QED) is 0.387. The molecular formula is C28H37FO9. The van der Waals surface area contributed by atoms with Crippen LogP contribution in [0.1, 0.15) is 59.3 Å². The van der Waals surface area contributed by atoms with Crippen LogP contribution in [-0.4, -0.2) is 71.6 Å². The van der Waals surface area contributed by atoms with Crippen LogP contribution in [0.25, 0.3) is 0 Å². The van der Waals surface area contributed by atoms with Crippen LogP contribution >= 0.6 is 0 Å². The molecule has 0 aromatic carbocycles. The molecule has 3 saturated carbocycles. The molecule has 0 spiro atoms. The second kappa shape index (κ2) is 9.55. The molecule has 4 aliphatic rings. The number of aliphatic hydroxyl groups excluding tert-OH is 1. The highest BCUT2D eigenvalue weighted by Gasteiger charge is 2.76. The van der Waals surface area contributed by atoms with Crippen LogP contribution < -0.4 is 0 Å². The third kappa shape index (κ3) is 3.78. The molecule has 9 nitrogen and oxygen atoms in total. The SMILES string of the molecule is COC(=O)CCC(=O)O[C@@H](C(=O)OC)[C@@]1(O)[C@H](C)C[C@H]2[C@@H]3CCC4=CC(=O)C=C[C@]4(C)[C@@]3(F)[C@@H](O)C[C@@]21C. The topological polar surface area (TPSA) is 136 Å². The Balaban J connectivity index is 1.72. The lowest BCUT2D eigenvalue weighted by atomic mass is 9.44. The Labute approximate surface area is 221 Å². The van der Waals surface area contributed by atoms with E-state index < -0.39 is 70.0 Å². The minimum atomic E-state index is -2.11. The largest absolute Gasteiger partial charge is 0.469 e. The van der Waals surface area contributed by atoms with E-state index in [-0.39, 0.29) is 25.0 Å². The van der Waals surface area contributed by atoms with Crippen LogP contribution in [0.5, 0.6) is 0 Å². The maximum Gasteiger partial charge on any atom is 0.350 e. The van der Waals surface area contributed by atoms with Gasteiger partial charge in [0, 0.05) is 16.7 Å². The molecule has 0 aliphatic heterocycles. The Morgan fingerprint density at radius 3 is 2.42 bits per heavy atom. The predicted octanol–water partition coefficient (Wildman–Crippen LogP) is 2.37. The second-order valence-electron chi connectivity index (χ2n) is 11.7. The van der Waals surface area contributed by atoms with Gasteiger partial charge in [-0.15, -0.1) is 0 Å². The number of hydrogen-bond donors (Lipinski definition) is 2. The summed E-state index contributed by atoms with van der Waals surface area (Å²) >= 11 is 0. The van der Waals surface area contributed by atoms with Crippen LogP contribution in [0.4, 0.5) is 4.39 Å². The molecule has 0 heterocycles. The number of alkyl halides is 1. The van der Waals surface area contributed by atoms with Crippen molar-refractivity contribution < 1.29 is 48.0 Å². The number of allylic oxidation sites excluding steroid dienone is 4. The van der Waals surface area contributed by atoms with Crippen LogP contribution in [0.15, 0.2) is 23.8 Å². The summed E-state index contributed by atoms with van der Waals surface area (Å²) in [6.45, 7) is 5.12. The number of esters is 3. The molecule has 0 amide bonds. The molecule has 0 aromatic heterocycles. The molecule has 10 heteroatoms. The highest BCUT2D eigenvalue weighted by Crippen LogP contribution is 2.71. The van der Waals surface area contributed by atoms with Crippen molar-refractivity contribution in [2.75, 3.05) is 14.2 Å². The number of halogens is 1. The summed E-state index contributed by atoms with van der Waals surface area (Å²) in [6.07, 6.45) is 1.33. The van der Waals surface area contributed by atoms with Crippen molar-refractivity contribution in [3.63, 3.8) is 0 Å². The first-order valence-electron chi connectivity index (χ1n) is 13.1. The van der Waals surface area contributed by atoms with E-state index in [1.165, 1.54) is 19.3 Å². The zero-order chi connectivity index (χ0) is 28.3. The highest BCUT2D eigenvalue weighted by atomic mass is 19.1. The van der Waals surface area contributed by atoms with Gasteiger partial charge in [0.1, 0.15) is 5.60 Å². The lowest BCUT2D eigenvalue weighted by Gasteiger charge is -2.63. The number of rotatable bonds is 6. The summed E-state index contributed by atoms with van der Waals surface area (Å²) in [7, 11) is 2.29. The summed E-state index contributed by atoms with van der Waals surface area (Å²) in [4.78, 5) is 49.1. The van der Waals surface area contributed by atoms with Crippen LogP contribution in [0.2, 0.25) is 0 Å². The molecule has 4 rings (SSSR count). The molecular weight excluding hydrogens is 499 g/mol. The predicted molar refractivity (Wildman–Crippen MR) is 131 cm³/mol. The van der Waals surface area contributed by atoms with E-state index in [4.69, 9.17) is 9.47 Å². The van der Waals surface area contributed by atoms with Gasteiger partial charge in [-0.2, -0.15) is 0 Å². The Morgan fingerprint density at radius 1 is 1.13 bits per heavy atom. The fraction of sp³-hybridized carbons (Fsp3) is 0.714. The van der Waals surface area contributed by atoms with Gasteiger partial charge < -0.3 is 24.4 Å². The van der Waals surface area contributed by atoms with Gasteiger partial charge >= 0.3 is 17.9 Å². The van der Waals surface area contributed by atoms with Gasteiger partial charge in [-0.1, -0.05) is 25.5 Å². The zero-order valence-electron chi connectivity index (χ0n) is 22.5. The Kier molecular flexibility index (Phi) is 7.14. The van der Waals surface area contributed by atoms with Crippen LogP contribution in [0, 0.1) is 28.6 Å². The summed E-state index contributed by atoms with van der Waals surface area (Å²) in [5.41, 5.74) is -5.87. The van der Waals surface area contributed by atoms with Gasteiger partial charge in [-0.3, -0.25) is 14.4 Å². The van der Waals surface area contributed by atoms with Gasteiger partial charge in [0.2, 0.25) is 6.10 Å². The Hall–Kier alpha value is -2.59. The van der Waals surface area contributed by atoms with Gasteiger partial charge in [-0.25, -0.2) is 9.18 Å².